The third-order valence-corrected chi connectivity index (χ3v) is 4.74. The van der Waals surface area contributed by atoms with Crippen molar-refractivity contribution in [3.63, 3.8) is 0 Å². The van der Waals surface area contributed by atoms with Gasteiger partial charge in [0.1, 0.15) is 12.4 Å². The molecule has 0 amide bonds. The second-order valence-corrected chi connectivity index (χ2v) is 7.18. The van der Waals surface area contributed by atoms with Crippen molar-refractivity contribution < 1.29 is 28.5 Å². The number of halogens is 1. The number of hydrogen-bond acceptors (Lipinski definition) is 0. The maximum Gasteiger partial charge on any atom is 0.243 e. The van der Waals surface area contributed by atoms with Gasteiger partial charge in [0.15, 0.2) is 0 Å². The molecule has 0 aliphatic carbocycles. The summed E-state index contributed by atoms with van der Waals surface area (Å²) in [7, 11) is 2.09. The fourth-order valence-corrected chi connectivity index (χ4v) is 3.20. The van der Waals surface area contributed by atoms with Crippen LogP contribution in [0.2, 0.25) is 0 Å². The topological polar surface area (TPSA) is 8.81 Å². The molecule has 0 aliphatic heterocycles. The molecule has 1 rings (SSSR count). The molecule has 0 radical (unpaired) electrons. The van der Waals surface area contributed by atoms with Crippen molar-refractivity contribution in [1.82, 2.24) is 4.57 Å². The molecule has 1 aromatic rings. The number of hydrogen-bond donors (Lipinski definition) is 0. The highest BCUT2D eigenvalue weighted by molar-refractivity contribution is 4.66. The standard InChI is InChI=1S/C20H39N2.HI/c1-4-5-6-7-8-9-10-11-12-14-20(2)15-13-16-22-18-17-21(3)19-22;/h17-20H,4-16H2,1-3H3;1H/q+1;/p-1/t20-;/m0./s1. The SMILES string of the molecule is CCCCCCCCCCC[C@H](C)CCCn1cc[n+](C)c1.[I-]. The van der Waals surface area contributed by atoms with Gasteiger partial charge in [-0.2, -0.15) is 0 Å². The fraction of sp³-hybridized carbons (Fsp3) is 0.850. The van der Waals surface area contributed by atoms with Crippen molar-refractivity contribution in [3.05, 3.63) is 18.7 Å². The summed E-state index contributed by atoms with van der Waals surface area (Å²) in [6.07, 6.45) is 23.5. The predicted molar refractivity (Wildman–Crippen MR) is 95.9 cm³/mol. The summed E-state index contributed by atoms with van der Waals surface area (Å²) < 4.78 is 4.41. The van der Waals surface area contributed by atoms with E-state index in [0.29, 0.717) is 0 Å². The van der Waals surface area contributed by atoms with Gasteiger partial charge in [-0.25, -0.2) is 9.13 Å². The van der Waals surface area contributed by atoms with Crippen LogP contribution in [-0.4, -0.2) is 4.57 Å². The van der Waals surface area contributed by atoms with Crippen LogP contribution in [0.4, 0.5) is 0 Å². The van der Waals surface area contributed by atoms with E-state index < -0.39 is 0 Å². The Balaban J connectivity index is 0.00000484. The summed E-state index contributed by atoms with van der Waals surface area (Å²) in [6, 6.07) is 0. The third kappa shape index (κ3) is 13.0. The van der Waals surface area contributed by atoms with Gasteiger partial charge in [0.2, 0.25) is 6.33 Å². The molecule has 0 spiro atoms. The van der Waals surface area contributed by atoms with Gasteiger partial charge in [-0.15, -0.1) is 0 Å². The van der Waals surface area contributed by atoms with E-state index in [1.807, 2.05) is 0 Å². The maximum atomic E-state index is 2.43. The number of rotatable bonds is 14. The summed E-state index contributed by atoms with van der Waals surface area (Å²) in [5.74, 6) is 0.897. The van der Waals surface area contributed by atoms with Gasteiger partial charge in [-0.3, -0.25) is 0 Å². The molecule has 0 saturated carbocycles. The van der Waals surface area contributed by atoms with Crippen LogP contribution < -0.4 is 28.5 Å². The minimum Gasteiger partial charge on any atom is -1.00 e. The molecule has 0 N–H and O–H groups in total. The molecule has 0 fully saturated rings. The van der Waals surface area contributed by atoms with E-state index in [1.54, 1.807) is 0 Å². The normalized spacial score (nSPS) is 12.1. The zero-order valence-electron chi connectivity index (χ0n) is 15.8. The lowest BCUT2D eigenvalue weighted by molar-refractivity contribution is -0.671. The maximum absolute atomic E-state index is 2.43. The first kappa shape index (κ1) is 22.9. The van der Waals surface area contributed by atoms with Gasteiger partial charge in [0.25, 0.3) is 0 Å². The Kier molecular flexibility index (Phi) is 15.4. The number of aryl methyl sites for hydroxylation is 2. The van der Waals surface area contributed by atoms with E-state index >= 15 is 0 Å². The first-order valence-electron chi connectivity index (χ1n) is 9.73. The smallest absolute Gasteiger partial charge is 0.243 e. The number of unbranched alkanes of at least 4 members (excludes halogenated alkanes) is 8. The molecular formula is C20H39IN2. The Labute approximate surface area is 162 Å². The van der Waals surface area contributed by atoms with E-state index in [9.17, 15) is 0 Å². The zero-order chi connectivity index (χ0) is 16.0. The molecule has 1 aromatic heterocycles. The lowest BCUT2D eigenvalue weighted by atomic mass is 9.97. The van der Waals surface area contributed by atoms with Crippen molar-refractivity contribution in [3.8, 4) is 0 Å². The third-order valence-electron chi connectivity index (χ3n) is 4.74. The summed E-state index contributed by atoms with van der Waals surface area (Å²) >= 11 is 0. The van der Waals surface area contributed by atoms with Crippen LogP contribution >= 0.6 is 0 Å². The van der Waals surface area contributed by atoms with Crippen LogP contribution in [0.15, 0.2) is 18.7 Å². The van der Waals surface area contributed by atoms with Gasteiger partial charge in [0, 0.05) is 0 Å². The molecule has 1 heterocycles. The van der Waals surface area contributed by atoms with Crippen molar-refractivity contribution in [1.29, 1.82) is 0 Å². The molecule has 0 bridgehead atoms. The average Bonchev–Trinajstić information content (AvgIpc) is 2.91. The highest BCUT2D eigenvalue weighted by Crippen LogP contribution is 2.17. The Morgan fingerprint density at radius 1 is 0.870 bits per heavy atom. The molecule has 0 unspecified atom stereocenters. The average molecular weight is 434 g/mol. The van der Waals surface area contributed by atoms with E-state index in [1.165, 1.54) is 83.6 Å². The molecule has 2 nitrogen and oxygen atoms in total. The lowest BCUT2D eigenvalue weighted by Crippen LogP contribution is -3.00. The van der Waals surface area contributed by atoms with E-state index in [2.05, 4.69) is 48.8 Å². The molecular weight excluding hydrogens is 395 g/mol. The molecule has 1 atom stereocenters. The number of imidazole rings is 1. The van der Waals surface area contributed by atoms with Gasteiger partial charge in [0.05, 0.1) is 13.6 Å². The predicted octanol–water partition coefficient (Wildman–Crippen LogP) is 2.65. The Morgan fingerprint density at radius 3 is 2.00 bits per heavy atom. The first-order chi connectivity index (χ1) is 10.7. The highest BCUT2D eigenvalue weighted by atomic mass is 127. The Hall–Kier alpha value is -0.0600. The van der Waals surface area contributed by atoms with Crippen molar-refractivity contribution in [2.45, 2.75) is 97.4 Å². The van der Waals surface area contributed by atoms with Crippen LogP contribution in [0.5, 0.6) is 0 Å². The zero-order valence-corrected chi connectivity index (χ0v) is 17.9. The van der Waals surface area contributed by atoms with Crippen LogP contribution in [0.1, 0.15) is 90.9 Å². The number of nitrogens with zero attached hydrogens (tertiary/aromatic N) is 2. The first-order valence-corrected chi connectivity index (χ1v) is 9.73. The van der Waals surface area contributed by atoms with Gasteiger partial charge in [-0.05, 0) is 18.8 Å². The van der Waals surface area contributed by atoms with E-state index in [0.717, 1.165) is 5.92 Å². The monoisotopic (exact) mass is 434 g/mol. The van der Waals surface area contributed by atoms with Crippen LogP contribution in [0.3, 0.4) is 0 Å². The Morgan fingerprint density at radius 2 is 1.43 bits per heavy atom. The van der Waals surface area contributed by atoms with Crippen LogP contribution in [-0.2, 0) is 13.6 Å². The minimum absolute atomic E-state index is 0. The highest BCUT2D eigenvalue weighted by Gasteiger charge is 2.04. The summed E-state index contributed by atoms with van der Waals surface area (Å²) in [6.45, 7) is 5.89. The van der Waals surface area contributed by atoms with Crippen molar-refractivity contribution >= 4 is 0 Å². The fourth-order valence-electron chi connectivity index (χ4n) is 3.20. The molecule has 0 aliphatic rings. The lowest BCUT2D eigenvalue weighted by Gasteiger charge is -2.10. The van der Waals surface area contributed by atoms with Gasteiger partial charge >= 0.3 is 0 Å². The molecule has 23 heavy (non-hydrogen) atoms. The minimum atomic E-state index is 0. The largest absolute Gasteiger partial charge is 1.00 e. The number of aromatic nitrogens is 2. The second-order valence-electron chi connectivity index (χ2n) is 7.18. The van der Waals surface area contributed by atoms with Crippen LogP contribution in [0.25, 0.3) is 0 Å². The molecule has 0 saturated heterocycles. The van der Waals surface area contributed by atoms with Crippen LogP contribution in [0, 0.1) is 5.92 Å². The van der Waals surface area contributed by atoms with Gasteiger partial charge in [-0.1, -0.05) is 78.1 Å². The van der Waals surface area contributed by atoms with E-state index in [4.69, 9.17) is 0 Å². The summed E-state index contributed by atoms with van der Waals surface area (Å²) in [5, 5.41) is 0. The second kappa shape index (κ2) is 15.5. The van der Waals surface area contributed by atoms with Gasteiger partial charge < -0.3 is 24.0 Å². The molecule has 3 heteroatoms. The van der Waals surface area contributed by atoms with Crippen molar-refractivity contribution in [2.24, 2.45) is 13.0 Å². The quantitative estimate of drug-likeness (QED) is 0.242. The van der Waals surface area contributed by atoms with Crippen molar-refractivity contribution in [2.75, 3.05) is 0 Å². The molecule has 0 aromatic carbocycles. The Bertz CT molecular complexity index is 362. The van der Waals surface area contributed by atoms with E-state index in [-0.39, 0.29) is 24.0 Å². The molecule has 136 valence electrons. The summed E-state index contributed by atoms with van der Waals surface area (Å²) in [5.41, 5.74) is 0. The summed E-state index contributed by atoms with van der Waals surface area (Å²) in [4.78, 5) is 0.